The van der Waals surface area contributed by atoms with Gasteiger partial charge >= 0.3 is 0 Å². The van der Waals surface area contributed by atoms with Crippen LogP contribution in [-0.4, -0.2) is 90.0 Å². The van der Waals surface area contributed by atoms with Crippen molar-refractivity contribution in [1.82, 2.24) is 29.7 Å². The van der Waals surface area contributed by atoms with Gasteiger partial charge in [-0.25, -0.2) is 14.6 Å². The highest BCUT2D eigenvalue weighted by molar-refractivity contribution is 5.76. The number of hydrogen-bond acceptors (Lipinski definition) is 14. The predicted octanol–water partition coefficient (Wildman–Crippen LogP) is 2.84. The molecule has 1 atom stereocenters. The predicted molar refractivity (Wildman–Crippen MR) is 145 cm³/mol. The van der Waals surface area contributed by atoms with Crippen molar-refractivity contribution in [3.8, 4) is 12.0 Å². The Labute approximate surface area is 226 Å². The average Bonchev–Trinajstić information content (AvgIpc) is 3.36. The number of hydrogen-bond donors (Lipinski definition) is 2. The first-order valence-electron chi connectivity index (χ1n) is 12.0. The Morgan fingerprint density at radius 1 is 1.10 bits per heavy atom. The van der Waals surface area contributed by atoms with Crippen LogP contribution < -0.4 is 15.5 Å². The Balaban J connectivity index is 2.09. The van der Waals surface area contributed by atoms with Crippen LogP contribution >= 0.6 is 0 Å². The fourth-order valence-corrected chi connectivity index (χ4v) is 3.34. The van der Waals surface area contributed by atoms with Gasteiger partial charge in [-0.05, 0) is 19.2 Å². The third-order valence-electron chi connectivity index (χ3n) is 5.14. The van der Waals surface area contributed by atoms with Crippen molar-refractivity contribution in [3.05, 3.63) is 43.0 Å². The number of methoxy groups -OCH3 is 3. The first kappa shape index (κ1) is 29.0. The van der Waals surface area contributed by atoms with Gasteiger partial charge in [-0.15, -0.1) is 15.3 Å². The zero-order valence-corrected chi connectivity index (χ0v) is 22.4. The molecular formula is C24H32N12O3. The molecule has 0 radical (unpaired) electrons. The summed E-state index contributed by atoms with van der Waals surface area (Å²) in [5.41, 5.74) is 0.476. The topological polar surface area (TPSA) is 173 Å². The highest BCUT2D eigenvalue weighted by atomic mass is 16.5. The van der Waals surface area contributed by atoms with E-state index in [1.807, 2.05) is 11.8 Å². The monoisotopic (exact) mass is 536 g/mol. The molecule has 3 heterocycles. The summed E-state index contributed by atoms with van der Waals surface area (Å²) in [5, 5.41) is 28.9. The van der Waals surface area contributed by atoms with Crippen molar-refractivity contribution in [1.29, 1.82) is 5.26 Å². The van der Waals surface area contributed by atoms with E-state index in [1.54, 1.807) is 39.8 Å². The van der Waals surface area contributed by atoms with Crippen LogP contribution in [0, 0.1) is 11.3 Å². The minimum Gasteiger partial charge on any atom is -0.383 e. The third kappa shape index (κ3) is 7.98. The van der Waals surface area contributed by atoms with Crippen LogP contribution in [0.15, 0.2) is 47.7 Å². The number of nitriles is 1. The second-order valence-corrected chi connectivity index (χ2v) is 8.06. The van der Waals surface area contributed by atoms with Gasteiger partial charge in [0.05, 0.1) is 26.0 Å². The second kappa shape index (κ2) is 15.0. The molecule has 0 aromatic carbocycles. The van der Waals surface area contributed by atoms with Crippen LogP contribution in [0.2, 0.25) is 0 Å². The largest absolute Gasteiger partial charge is 0.383 e. The average molecular weight is 537 g/mol. The summed E-state index contributed by atoms with van der Waals surface area (Å²) in [4.78, 5) is 19.7. The molecule has 0 amide bonds. The molecule has 3 rings (SSSR count). The number of nitrogens with zero attached hydrogens (tertiary/aromatic N) is 10. The van der Waals surface area contributed by atoms with Gasteiger partial charge < -0.3 is 29.7 Å². The summed E-state index contributed by atoms with van der Waals surface area (Å²) in [6.45, 7) is 8.11. The molecule has 0 aliphatic carbocycles. The van der Waals surface area contributed by atoms with E-state index in [0.29, 0.717) is 56.4 Å². The van der Waals surface area contributed by atoms with Gasteiger partial charge in [0.2, 0.25) is 11.8 Å². The molecule has 2 N–H and O–H groups in total. The number of rotatable bonds is 16. The van der Waals surface area contributed by atoms with Gasteiger partial charge in [0.25, 0.3) is 5.95 Å². The number of nitrogens with one attached hydrogen (secondary N) is 2. The van der Waals surface area contributed by atoms with Crippen LogP contribution in [0.4, 0.5) is 29.1 Å². The fraction of sp³-hybridized carbons (Fsp3) is 0.417. The van der Waals surface area contributed by atoms with E-state index in [-0.39, 0.29) is 23.1 Å². The number of anilines is 3. The zero-order chi connectivity index (χ0) is 28.0. The molecule has 206 valence electrons. The van der Waals surface area contributed by atoms with E-state index < -0.39 is 0 Å². The van der Waals surface area contributed by atoms with Crippen molar-refractivity contribution in [2.75, 3.05) is 69.8 Å². The van der Waals surface area contributed by atoms with Gasteiger partial charge in [0.1, 0.15) is 11.6 Å². The van der Waals surface area contributed by atoms with Crippen molar-refractivity contribution >= 4 is 29.1 Å². The highest BCUT2D eigenvalue weighted by Crippen LogP contribution is 2.35. The maximum atomic E-state index is 9.64. The van der Waals surface area contributed by atoms with Gasteiger partial charge in [-0.2, -0.15) is 15.2 Å². The van der Waals surface area contributed by atoms with Crippen LogP contribution in [0.3, 0.4) is 0 Å². The molecule has 0 saturated heterocycles. The molecule has 0 aliphatic rings. The van der Waals surface area contributed by atoms with Crippen LogP contribution in [0.1, 0.15) is 12.5 Å². The maximum absolute atomic E-state index is 9.64. The highest BCUT2D eigenvalue weighted by Gasteiger charge is 2.20. The molecule has 15 nitrogen and oxygen atoms in total. The van der Waals surface area contributed by atoms with Crippen LogP contribution in [-0.2, 0) is 14.2 Å². The standard InChI is InChI=1S/C24H32N12O3/c1-6-26-21-19(32-33-20-18(14-25)15-36(34-20)23-27-8-7-9-28-23)22(29-17(2)16-39-5)31-24(30-21)35(10-12-37-3)11-13-38-4/h6-9,15,17H,1,10-13,16H2,2-5H3,(H2,26,29,30,31). The van der Waals surface area contributed by atoms with E-state index in [9.17, 15) is 5.26 Å². The smallest absolute Gasteiger partial charge is 0.250 e. The van der Waals surface area contributed by atoms with Crippen molar-refractivity contribution in [2.24, 2.45) is 10.2 Å². The molecule has 0 spiro atoms. The van der Waals surface area contributed by atoms with Crippen LogP contribution in [0.5, 0.6) is 0 Å². The van der Waals surface area contributed by atoms with E-state index >= 15 is 0 Å². The first-order valence-corrected chi connectivity index (χ1v) is 12.0. The maximum Gasteiger partial charge on any atom is 0.250 e. The molecule has 0 bridgehead atoms. The van der Waals surface area contributed by atoms with Crippen molar-refractivity contribution < 1.29 is 14.2 Å². The molecule has 39 heavy (non-hydrogen) atoms. The molecule has 3 aromatic heterocycles. The van der Waals surface area contributed by atoms with E-state index in [4.69, 9.17) is 19.2 Å². The van der Waals surface area contributed by atoms with Crippen molar-refractivity contribution in [3.63, 3.8) is 0 Å². The third-order valence-corrected chi connectivity index (χ3v) is 5.14. The first-order chi connectivity index (χ1) is 19.0. The summed E-state index contributed by atoms with van der Waals surface area (Å²) < 4.78 is 17.2. The molecular weight excluding hydrogens is 504 g/mol. The Hall–Kier alpha value is -4.52. The Bertz CT molecular complexity index is 1270. The minimum absolute atomic E-state index is 0.0799. The molecule has 0 saturated carbocycles. The number of aromatic nitrogens is 6. The van der Waals surface area contributed by atoms with Gasteiger partial charge in [0.15, 0.2) is 17.3 Å². The van der Waals surface area contributed by atoms with E-state index in [0.717, 1.165) is 0 Å². The molecule has 0 aliphatic heterocycles. The Kier molecular flexibility index (Phi) is 11.2. The normalized spacial score (nSPS) is 11.8. The van der Waals surface area contributed by atoms with Gasteiger partial charge in [0, 0.05) is 52.9 Å². The quantitative estimate of drug-likeness (QED) is 0.257. The lowest BCUT2D eigenvalue weighted by Crippen LogP contribution is -2.32. The lowest BCUT2D eigenvalue weighted by atomic mass is 10.3. The summed E-state index contributed by atoms with van der Waals surface area (Å²) in [5.74, 6) is 1.52. The van der Waals surface area contributed by atoms with Crippen LogP contribution in [0.25, 0.3) is 5.95 Å². The van der Waals surface area contributed by atoms with Crippen molar-refractivity contribution in [2.45, 2.75) is 13.0 Å². The lowest BCUT2D eigenvalue weighted by molar-refractivity contribution is 0.189. The molecule has 1 unspecified atom stereocenters. The zero-order valence-electron chi connectivity index (χ0n) is 22.4. The number of ether oxygens (including phenoxy) is 3. The lowest BCUT2D eigenvalue weighted by Gasteiger charge is -2.24. The number of azo groups is 1. The van der Waals surface area contributed by atoms with Gasteiger partial charge in [-0.3, -0.25) is 0 Å². The minimum atomic E-state index is -0.126. The summed E-state index contributed by atoms with van der Waals surface area (Å²) in [6.07, 6.45) is 6.11. The van der Waals surface area contributed by atoms with Gasteiger partial charge in [-0.1, -0.05) is 6.58 Å². The molecule has 3 aromatic rings. The molecule has 0 fully saturated rings. The molecule has 15 heteroatoms. The second-order valence-electron chi connectivity index (χ2n) is 8.06. The Morgan fingerprint density at radius 3 is 2.41 bits per heavy atom. The summed E-state index contributed by atoms with van der Waals surface area (Å²) in [6, 6.07) is 3.63. The fourth-order valence-electron chi connectivity index (χ4n) is 3.34. The van der Waals surface area contributed by atoms with E-state index in [1.165, 1.54) is 17.1 Å². The Morgan fingerprint density at radius 2 is 1.79 bits per heavy atom. The SMILES string of the molecule is C=CNc1nc(N(CCOC)CCOC)nc(NC(C)COC)c1N=Nc1nn(-c2ncccn2)cc1C#N. The van der Waals surface area contributed by atoms with E-state index in [2.05, 4.69) is 53.6 Å². The summed E-state index contributed by atoms with van der Waals surface area (Å²) >= 11 is 0. The summed E-state index contributed by atoms with van der Waals surface area (Å²) in [7, 11) is 4.87.